The Morgan fingerprint density at radius 2 is 2.21 bits per heavy atom. The van der Waals surface area contributed by atoms with Crippen molar-refractivity contribution in [2.75, 3.05) is 13.2 Å². The third kappa shape index (κ3) is 3.31. The second kappa shape index (κ2) is 5.83. The standard InChI is InChI=1S/C12H17N3O4/c1-8(15-7-9(6-13-15)12(17)18)11(16)14-10-2-4-19-5-3-10/h6-8,10H,2-5H2,1H3,(H,14,16)(H,17,18). The maximum Gasteiger partial charge on any atom is 0.338 e. The lowest BCUT2D eigenvalue weighted by Gasteiger charge is -2.24. The van der Waals surface area contributed by atoms with Gasteiger partial charge >= 0.3 is 5.97 Å². The molecule has 1 fully saturated rings. The zero-order valence-electron chi connectivity index (χ0n) is 10.7. The summed E-state index contributed by atoms with van der Waals surface area (Å²) in [4.78, 5) is 22.8. The van der Waals surface area contributed by atoms with Gasteiger partial charge in [0.05, 0.1) is 11.8 Å². The highest BCUT2D eigenvalue weighted by atomic mass is 16.5. The Morgan fingerprint density at radius 3 is 2.79 bits per heavy atom. The van der Waals surface area contributed by atoms with Crippen molar-refractivity contribution in [2.24, 2.45) is 0 Å². The van der Waals surface area contributed by atoms with Crippen molar-refractivity contribution < 1.29 is 19.4 Å². The quantitative estimate of drug-likeness (QED) is 0.825. The van der Waals surface area contributed by atoms with Crippen LogP contribution in [0.25, 0.3) is 0 Å². The molecule has 2 N–H and O–H groups in total. The predicted molar refractivity (Wildman–Crippen MR) is 65.9 cm³/mol. The van der Waals surface area contributed by atoms with Crippen LogP contribution in [0.2, 0.25) is 0 Å². The van der Waals surface area contributed by atoms with Gasteiger partial charge in [-0.1, -0.05) is 0 Å². The average molecular weight is 267 g/mol. The summed E-state index contributed by atoms with van der Waals surface area (Å²) in [6, 6.07) is -0.408. The number of aromatic carboxylic acids is 1. The van der Waals surface area contributed by atoms with Crippen molar-refractivity contribution in [2.45, 2.75) is 31.8 Å². The van der Waals surface area contributed by atoms with Crippen LogP contribution >= 0.6 is 0 Å². The smallest absolute Gasteiger partial charge is 0.338 e. The maximum absolute atomic E-state index is 12.0. The molecule has 7 heteroatoms. The average Bonchev–Trinajstić information content (AvgIpc) is 2.88. The molecule has 2 rings (SSSR count). The van der Waals surface area contributed by atoms with E-state index in [1.165, 1.54) is 17.1 Å². The molecule has 19 heavy (non-hydrogen) atoms. The molecule has 0 aromatic carbocycles. The number of nitrogens with zero attached hydrogens (tertiary/aromatic N) is 2. The molecule has 1 amide bonds. The summed E-state index contributed by atoms with van der Waals surface area (Å²) in [6.07, 6.45) is 4.20. The second-order valence-corrected chi connectivity index (χ2v) is 4.59. The number of carboxylic acids is 1. The van der Waals surface area contributed by atoms with Gasteiger partial charge in [-0.05, 0) is 19.8 Å². The number of amides is 1. The first-order valence-corrected chi connectivity index (χ1v) is 6.23. The minimum Gasteiger partial charge on any atom is -0.478 e. The number of carbonyl (C=O) groups is 2. The van der Waals surface area contributed by atoms with Crippen LogP contribution in [-0.2, 0) is 9.53 Å². The molecule has 0 radical (unpaired) electrons. The second-order valence-electron chi connectivity index (χ2n) is 4.59. The van der Waals surface area contributed by atoms with Crippen LogP contribution in [0.4, 0.5) is 0 Å². The van der Waals surface area contributed by atoms with E-state index in [2.05, 4.69) is 10.4 Å². The summed E-state index contributed by atoms with van der Waals surface area (Å²) in [5.41, 5.74) is 0.0747. The summed E-state index contributed by atoms with van der Waals surface area (Å²) in [5, 5.41) is 15.6. The molecule has 0 aliphatic carbocycles. The molecule has 1 atom stereocenters. The fourth-order valence-corrected chi connectivity index (χ4v) is 1.94. The number of carbonyl (C=O) groups excluding carboxylic acids is 1. The minimum atomic E-state index is -1.05. The first-order chi connectivity index (χ1) is 9.08. The van der Waals surface area contributed by atoms with Crippen molar-refractivity contribution in [3.63, 3.8) is 0 Å². The van der Waals surface area contributed by atoms with Crippen LogP contribution in [0.3, 0.4) is 0 Å². The Hall–Kier alpha value is -1.89. The first-order valence-electron chi connectivity index (χ1n) is 6.23. The fraction of sp³-hybridized carbons (Fsp3) is 0.583. The van der Waals surface area contributed by atoms with Crippen molar-refractivity contribution in [3.8, 4) is 0 Å². The number of carboxylic acid groups (broad SMARTS) is 1. The third-order valence-corrected chi connectivity index (χ3v) is 3.19. The number of rotatable bonds is 4. The van der Waals surface area contributed by atoms with E-state index in [1.807, 2.05) is 0 Å². The van der Waals surface area contributed by atoms with Gasteiger partial charge in [0.2, 0.25) is 5.91 Å². The van der Waals surface area contributed by atoms with Crippen molar-refractivity contribution >= 4 is 11.9 Å². The van der Waals surface area contributed by atoms with Gasteiger partial charge in [0, 0.05) is 25.5 Å². The molecule has 104 valence electrons. The largest absolute Gasteiger partial charge is 0.478 e. The molecular weight excluding hydrogens is 250 g/mol. The van der Waals surface area contributed by atoms with E-state index in [4.69, 9.17) is 9.84 Å². The van der Waals surface area contributed by atoms with Crippen molar-refractivity contribution in [1.29, 1.82) is 0 Å². The molecule has 1 aromatic heterocycles. The van der Waals surface area contributed by atoms with E-state index >= 15 is 0 Å². The van der Waals surface area contributed by atoms with Gasteiger partial charge in [0.15, 0.2) is 0 Å². The number of ether oxygens (including phenoxy) is 1. The number of hydrogen-bond donors (Lipinski definition) is 2. The molecule has 1 unspecified atom stereocenters. The molecule has 1 aliphatic heterocycles. The van der Waals surface area contributed by atoms with E-state index in [-0.39, 0.29) is 17.5 Å². The van der Waals surface area contributed by atoms with Gasteiger partial charge in [-0.25, -0.2) is 4.79 Å². The van der Waals surface area contributed by atoms with Gasteiger partial charge in [-0.15, -0.1) is 0 Å². The molecule has 0 saturated carbocycles. The van der Waals surface area contributed by atoms with E-state index in [0.29, 0.717) is 13.2 Å². The van der Waals surface area contributed by atoms with Crippen molar-refractivity contribution in [1.82, 2.24) is 15.1 Å². The highest BCUT2D eigenvalue weighted by Crippen LogP contribution is 2.10. The van der Waals surface area contributed by atoms with Gasteiger partial charge in [0.25, 0.3) is 0 Å². The molecule has 1 saturated heterocycles. The molecule has 2 heterocycles. The lowest BCUT2D eigenvalue weighted by atomic mass is 10.1. The zero-order valence-corrected chi connectivity index (χ0v) is 10.7. The molecule has 7 nitrogen and oxygen atoms in total. The van der Waals surface area contributed by atoms with Crippen LogP contribution in [0.5, 0.6) is 0 Å². The van der Waals surface area contributed by atoms with E-state index in [9.17, 15) is 9.59 Å². The minimum absolute atomic E-state index is 0.0747. The Labute approximate surface area is 110 Å². The van der Waals surface area contributed by atoms with E-state index in [1.54, 1.807) is 6.92 Å². The molecular formula is C12H17N3O4. The number of hydrogen-bond acceptors (Lipinski definition) is 4. The Balaban J connectivity index is 1.95. The number of nitrogens with one attached hydrogen (secondary N) is 1. The Bertz CT molecular complexity index is 465. The summed E-state index contributed by atoms with van der Waals surface area (Å²) < 4.78 is 6.58. The summed E-state index contributed by atoms with van der Waals surface area (Å²) in [5.74, 6) is -1.21. The topological polar surface area (TPSA) is 93.5 Å². The molecule has 1 aromatic rings. The Kier molecular flexibility index (Phi) is 4.16. The highest BCUT2D eigenvalue weighted by Gasteiger charge is 2.22. The first kappa shape index (κ1) is 13.5. The van der Waals surface area contributed by atoms with Crippen molar-refractivity contribution in [3.05, 3.63) is 18.0 Å². The normalized spacial score (nSPS) is 17.9. The van der Waals surface area contributed by atoms with E-state index < -0.39 is 12.0 Å². The summed E-state index contributed by atoms with van der Waals surface area (Å²) in [7, 11) is 0. The van der Waals surface area contributed by atoms with Crippen LogP contribution in [-0.4, -0.2) is 46.0 Å². The SMILES string of the molecule is CC(C(=O)NC1CCOCC1)n1cc(C(=O)O)cn1. The lowest BCUT2D eigenvalue weighted by Crippen LogP contribution is -2.42. The summed E-state index contributed by atoms with van der Waals surface area (Å²) in [6.45, 7) is 3.00. The van der Waals surface area contributed by atoms with Crippen LogP contribution < -0.4 is 5.32 Å². The van der Waals surface area contributed by atoms with Gasteiger partial charge in [-0.2, -0.15) is 5.10 Å². The van der Waals surface area contributed by atoms with Crippen LogP contribution in [0.15, 0.2) is 12.4 Å². The molecule has 1 aliphatic rings. The highest BCUT2D eigenvalue weighted by molar-refractivity contribution is 5.87. The Morgan fingerprint density at radius 1 is 1.53 bits per heavy atom. The monoisotopic (exact) mass is 267 g/mol. The van der Waals surface area contributed by atoms with E-state index in [0.717, 1.165) is 12.8 Å². The third-order valence-electron chi connectivity index (χ3n) is 3.19. The van der Waals surface area contributed by atoms with Gasteiger partial charge in [-0.3, -0.25) is 9.48 Å². The molecule has 0 bridgehead atoms. The predicted octanol–water partition coefficient (Wildman–Crippen LogP) is 0.437. The lowest BCUT2D eigenvalue weighted by molar-refractivity contribution is -0.125. The molecule has 0 spiro atoms. The van der Waals surface area contributed by atoms with Crippen LogP contribution in [0, 0.1) is 0 Å². The zero-order chi connectivity index (χ0) is 13.8. The fourth-order valence-electron chi connectivity index (χ4n) is 1.94. The summed E-state index contributed by atoms with van der Waals surface area (Å²) >= 11 is 0. The van der Waals surface area contributed by atoms with Gasteiger partial charge < -0.3 is 15.2 Å². The van der Waals surface area contributed by atoms with Gasteiger partial charge in [0.1, 0.15) is 6.04 Å². The number of aromatic nitrogens is 2. The maximum atomic E-state index is 12.0. The van der Waals surface area contributed by atoms with Crippen LogP contribution in [0.1, 0.15) is 36.2 Å².